The number of fused-ring (bicyclic) bond motifs is 7. The Kier molecular flexibility index (Phi) is 16.7. The fraction of sp³-hybridized carbons (Fsp3) is 0.918. The largest absolute Gasteiger partial charge is 0.408 e. The Morgan fingerprint density at radius 3 is 2.06 bits per heavy atom. The second kappa shape index (κ2) is 21.0. The molecule has 0 spiro atoms. The summed E-state index contributed by atoms with van der Waals surface area (Å²) in [5.74, 6) is 2.24. The molecule has 3 saturated heterocycles. The van der Waals surface area contributed by atoms with Crippen LogP contribution in [-0.2, 0) is 47.2 Å². The Morgan fingerprint density at radius 1 is 0.750 bits per heavy atom. The molecule has 7 fully saturated rings. The number of allylic oxidation sites excluding steroid dienone is 2. The van der Waals surface area contributed by atoms with Gasteiger partial charge in [-0.05, 0) is 152 Å². The maximum absolute atomic E-state index is 14.2. The summed E-state index contributed by atoms with van der Waals surface area (Å²) in [6.45, 7) is 41.5. The summed E-state index contributed by atoms with van der Waals surface area (Å²) in [6, 6.07) is 3.09. The molecule has 11 heteroatoms. The molecule has 0 aromatic rings. The van der Waals surface area contributed by atoms with Gasteiger partial charge in [-0.25, -0.2) is 0 Å². The van der Waals surface area contributed by atoms with Gasteiger partial charge in [0.25, 0.3) is 0 Å². The molecule has 0 bridgehead atoms. The van der Waals surface area contributed by atoms with Gasteiger partial charge in [0.15, 0.2) is 27.2 Å². The number of hydrogen-bond acceptors (Lipinski definition) is 10. The van der Waals surface area contributed by atoms with Crippen LogP contribution in [0.1, 0.15) is 182 Å². The summed E-state index contributed by atoms with van der Waals surface area (Å²) >= 11 is 0. The number of carbonyl (C=O) groups is 2. The molecular weight excluding hydrogens is 921 g/mol. The van der Waals surface area contributed by atoms with Gasteiger partial charge in [-0.3, -0.25) is 4.79 Å². The third-order valence-corrected chi connectivity index (χ3v) is 28.5. The molecule has 3 aliphatic heterocycles. The normalized spacial score (nSPS) is 50.4. The van der Waals surface area contributed by atoms with E-state index >= 15 is 0 Å². The van der Waals surface area contributed by atoms with E-state index in [9.17, 15) is 9.59 Å². The molecule has 3 heterocycles. The van der Waals surface area contributed by atoms with Crippen molar-refractivity contribution in [1.82, 2.24) is 0 Å². The first-order chi connectivity index (χ1) is 33.8. The molecule has 23 atom stereocenters. The van der Waals surface area contributed by atoms with Gasteiger partial charge in [-0.15, -0.1) is 0 Å². The van der Waals surface area contributed by atoms with Crippen LogP contribution in [-0.4, -0.2) is 89.6 Å². The molecule has 8 aliphatic rings. The van der Waals surface area contributed by atoms with Gasteiger partial charge in [0, 0.05) is 18.9 Å². The Labute approximate surface area is 439 Å². The number of hydrogen-bond donors (Lipinski definition) is 0. The van der Waals surface area contributed by atoms with E-state index in [2.05, 4.69) is 117 Å². The lowest BCUT2D eigenvalue weighted by atomic mass is 9.33. The first kappa shape index (κ1) is 57.2. The molecule has 10 nitrogen and oxygen atoms in total. The Hall–Kier alpha value is -1.02. The maximum Gasteiger partial charge on any atom is 0.192 e. The van der Waals surface area contributed by atoms with Gasteiger partial charge in [-0.1, -0.05) is 122 Å². The lowest BCUT2D eigenvalue weighted by Gasteiger charge is -2.72. The fourth-order valence-corrected chi connectivity index (χ4v) is 20.7. The van der Waals surface area contributed by atoms with Gasteiger partial charge in [0.1, 0.15) is 18.2 Å². The number of carbonyl (C=O) groups excluding carboxylic acids is 2. The third-order valence-electron chi connectivity index (χ3n) is 23.8. The van der Waals surface area contributed by atoms with Crippen molar-refractivity contribution in [3.8, 4) is 0 Å². The van der Waals surface area contributed by atoms with Crippen LogP contribution in [0.25, 0.3) is 0 Å². The summed E-state index contributed by atoms with van der Waals surface area (Å²) < 4.78 is 56.5. The van der Waals surface area contributed by atoms with Crippen LogP contribution in [0, 0.1) is 92.4 Å². The number of ether oxygens (including phenoxy) is 7. The molecule has 1 radical (unpaired) electrons. The Balaban J connectivity index is 1.12. The molecule has 8 rings (SSSR count). The summed E-state index contributed by atoms with van der Waals surface area (Å²) in [7, 11) is -0.259. The highest BCUT2D eigenvalue weighted by Crippen LogP contribution is 2.76. The lowest BCUT2D eigenvalue weighted by molar-refractivity contribution is -0.362. The molecule has 10 unspecified atom stereocenters. The highest BCUT2D eigenvalue weighted by atomic mass is 28.4. The number of aldehydes is 1. The highest BCUT2D eigenvalue weighted by Gasteiger charge is 2.72. The van der Waals surface area contributed by atoms with Crippen molar-refractivity contribution < 1.29 is 47.2 Å². The van der Waals surface area contributed by atoms with E-state index in [-0.39, 0.29) is 75.5 Å². The third kappa shape index (κ3) is 9.12. The molecule has 5 aliphatic carbocycles. The molecule has 0 aromatic heterocycles. The number of Topliss-reactive ketones (excluding diaryl/α,β-unsaturated/α-hetero) is 1. The minimum absolute atomic E-state index is 0.00147. The number of methoxy groups -OCH3 is 1. The Morgan fingerprint density at radius 2 is 1.43 bits per heavy atom. The summed E-state index contributed by atoms with van der Waals surface area (Å²) in [4.78, 5) is 28.3. The van der Waals surface area contributed by atoms with Crippen LogP contribution >= 0.6 is 0 Å². The van der Waals surface area contributed by atoms with Gasteiger partial charge in [0.05, 0.1) is 54.6 Å². The second-order valence-corrected chi connectivity index (χ2v) is 32.2. The van der Waals surface area contributed by atoms with E-state index in [1.165, 1.54) is 11.9 Å². The average molecular weight is 1020 g/mol. The van der Waals surface area contributed by atoms with Crippen molar-refractivity contribution in [2.24, 2.45) is 85.8 Å². The van der Waals surface area contributed by atoms with Gasteiger partial charge < -0.3 is 42.4 Å². The van der Waals surface area contributed by atoms with E-state index in [4.69, 9.17) is 37.6 Å². The molecule has 0 aromatic carbocycles. The second-order valence-electron chi connectivity index (χ2n) is 27.5. The first-order valence-corrected chi connectivity index (χ1v) is 32.0. The van der Waals surface area contributed by atoms with E-state index in [1.807, 2.05) is 20.6 Å². The number of ketones is 1. The van der Waals surface area contributed by atoms with Gasteiger partial charge in [-0.2, -0.15) is 0 Å². The van der Waals surface area contributed by atoms with E-state index in [0.717, 1.165) is 75.9 Å². The van der Waals surface area contributed by atoms with Crippen LogP contribution < -0.4 is 0 Å². The highest BCUT2D eigenvalue weighted by molar-refractivity contribution is 6.73. The quantitative estimate of drug-likeness (QED) is 0.0681. The summed E-state index contributed by atoms with van der Waals surface area (Å²) in [6.07, 6.45) is 9.10. The molecule has 4 saturated carbocycles. The molecular formula is C61H103O10Si. The smallest absolute Gasteiger partial charge is 0.192 e. The first-order valence-electron chi connectivity index (χ1n) is 29.4. The van der Waals surface area contributed by atoms with Gasteiger partial charge >= 0.3 is 0 Å². The predicted octanol–water partition coefficient (Wildman–Crippen LogP) is 13.6. The van der Waals surface area contributed by atoms with E-state index in [0.29, 0.717) is 36.6 Å². The Bertz CT molecular complexity index is 1950. The van der Waals surface area contributed by atoms with Crippen LogP contribution in [0.4, 0.5) is 0 Å². The maximum atomic E-state index is 14.2. The lowest BCUT2D eigenvalue weighted by Crippen LogP contribution is -2.68. The SMILES string of the molecule is CCC1O[C@@H](OC2[C@H](O[C@H]3CCC4(C)C5CC=C6C7CC(C)(C)CC[C@]7(C(C)=O)C(OC)CC6(C)C5(C)CC[C@H]4[C@@]3(C)C=O)O[CH][C@H](C)[C@@H]2O[C@@H]2OC[C@H](C)[C@H](C)C2C)C(O[Si](CC)(CC)CC)[C@@H](C)[C@H]1C. The fourth-order valence-electron chi connectivity index (χ4n) is 17.8. The van der Waals surface area contributed by atoms with E-state index in [1.54, 1.807) is 0 Å². The zero-order chi connectivity index (χ0) is 52.7. The standard InChI is InChI=1S/C61H103O10Si/c1-19-45-39(8)40(9)51(71-72(20-2,21-3)22-4)55(67-45)70-52-50(69-53-41(10)38(7)36(5)33-65-53)37(6)34-66-54(52)68-48-26-27-57(14)46(58(48,15)35-62)25-28-59(16)47(57)24-23-43-44-31-56(12,13)29-30-61(44,42(11)63)49(64-18)32-60(43,59)17/h23,34-41,44-55H,19-22,24-33H2,1-18H3/t36-,37-,38-,39+,40-,41?,44?,45?,46+,47?,48-,49?,50-,51?,52?,53-,54-,55-,57?,58+,59?,60?,61+/m0/s1. The van der Waals surface area contributed by atoms with Crippen LogP contribution in [0.15, 0.2) is 11.6 Å². The van der Waals surface area contributed by atoms with Crippen molar-refractivity contribution >= 4 is 20.4 Å². The minimum Gasteiger partial charge on any atom is -0.408 e. The van der Waals surface area contributed by atoms with Crippen molar-refractivity contribution in [3.05, 3.63) is 18.3 Å². The molecule has 0 amide bonds. The van der Waals surface area contributed by atoms with Crippen LogP contribution in [0.2, 0.25) is 18.1 Å². The minimum atomic E-state index is -2.11. The average Bonchev–Trinajstić information content (AvgIpc) is 3.34. The molecule has 411 valence electrons. The van der Waals surface area contributed by atoms with Crippen LogP contribution in [0.5, 0.6) is 0 Å². The number of rotatable bonds is 15. The molecule has 72 heavy (non-hydrogen) atoms. The summed E-state index contributed by atoms with van der Waals surface area (Å²) in [5.41, 5.74) is 0.0671. The predicted molar refractivity (Wildman–Crippen MR) is 286 cm³/mol. The van der Waals surface area contributed by atoms with E-state index < -0.39 is 56.3 Å². The van der Waals surface area contributed by atoms with Gasteiger partial charge in [0.2, 0.25) is 0 Å². The monoisotopic (exact) mass is 1020 g/mol. The van der Waals surface area contributed by atoms with Crippen molar-refractivity contribution in [2.75, 3.05) is 13.7 Å². The zero-order valence-corrected chi connectivity index (χ0v) is 49.6. The summed E-state index contributed by atoms with van der Waals surface area (Å²) in [5, 5.41) is 0. The van der Waals surface area contributed by atoms with Crippen molar-refractivity contribution in [3.63, 3.8) is 0 Å². The van der Waals surface area contributed by atoms with Crippen molar-refractivity contribution in [2.45, 2.75) is 256 Å². The molecule has 0 N–H and O–H groups in total. The van der Waals surface area contributed by atoms with Crippen LogP contribution in [0.3, 0.4) is 0 Å². The topological polar surface area (TPSA) is 108 Å². The van der Waals surface area contributed by atoms with Crippen molar-refractivity contribution in [1.29, 1.82) is 0 Å². The zero-order valence-electron chi connectivity index (χ0n) is 48.6.